The van der Waals surface area contributed by atoms with Crippen molar-refractivity contribution in [1.82, 2.24) is 10.2 Å². The number of carbonyl (C=O) groups is 2. The van der Waals surface area contributed by atoms with Crippen LogP contribution in [0, 0.1) is 0 Å². The molecule has 3 aromatic rings. The van der Waals surface area contributed by atoms with Gasteiger partial charge in [0.05, 0.1) is 24.1 Å². The molecule has 0 spiro atoms. The van der Waals surface area contributed by atoms with Crippen molar-refractivity contribution in [3.8, 4) is 5.75 Å². The molecule has 1 N–H and O–H groups in total. The fraction of sp³-hybridized carbons (Fsp3) is 0.375. The van der Waals surface area contributed by atoms with Crippen LogP contribution in [0.1, 0.15) is 44.7 Å². The molecule has 0 radical (unpaired) electrons. The lowest BCUT2D eigenvalue weighted by Crippen LogP contribution is -2.54. The molecule has 3 rings (SSSR count). The summed E-state index contributed by atoms with van der Waals surface area (Å²) in [6.07, 6.45) is 1.45. The van der Waals surface area contributed by atoms with Crippen LogP contribution < -0.4 is 14.4 Å². The Morgan fingerprint density at radius 1 is 0.932 bits per heavy atom. The Balaban J connectivity index is 1.95. The van der Waals surface area contributed by atoms with E-state index < -0.39 is 21.6 Å². The summed E-state index contributed by atoms with van der Waals surface area (Å²) >= 11 is 19.3. The van der Waals surface area contributed by atoms with Gasteiger partial charge in [-0.3, -0.25) is 13.9 Å². The van der Waals surface area contributed by atoms with Crippen molar-refractivity contribution in [2.75, 3.05) is 24.2 Å². The Bertz CT molecular complexity index is 1540. The van der Waals surface area contributed by atoms with Gasteiger partial charge in [0.15, 0.2) is 0 Å². The van der Waals surface area contributed by atoms with Gasteiger partial charge in [0.25, 0.3) is 0 Å². The number of hydrogen-bond donors (Lipinski definition) is 1. The number of ether oxygens (including phenoxy) is 1. The van der Waals surface area contributed by atoms with E-state index in [9.17, 15) is 18.0 Å². The van der Waals surface area contributed by atoms with E-state index in [-0.39, 0.29) is 49.2 Å². The van der Waals surface area contributed by atoms with Crippen molar-refractivity contribution in [3.63, 3.8) is 0 Å². The highest BCUT2D eigenvalue weighted by Gasteiger charge is 2.33. The lowest BCUT2D eigenvalue weighted by atomic mass is 10.00. The van der Waals surface area contributed by atoms with Gasteiger partial charge in [-0.1, -0.05) is 71.2 Å². The SMILES string of the molecule is COc1ccc(N(CCCC(=O)N(Cc2c(Cl)cccc2Cl)C(Cc2ccccc2)C(=O)NC(C)(C)C)S(C)(=O)=O)cc1Cl. The second kappa shape index (κ2) is 15.3. The highest BCUT2D eigenvalue weighted by Crippen LogP contribution is 2.31. The van der Waals surface area contributed by atoms with Crippen LogP contribution in [0.4, 0.5) is 5.69 Å². The van der Waals surface area contributed by atoms with Gasteiger partial charge in [-0.05, 0) is 63.1 Å². The van der Waals surface area contributed by atoms with Gasteiger partial charge in [-0.25, -0.2) is 8.42 Å². The van der Waals surface area contributed by atoms with Crippen LogP contribution in [0.3, 0.4) is 0 Å². The van der Waals surface area contributed by atoms with E-state index in [1.165, 1.54) is 22.4 Å². The first-order valence-electron chi connectivity index (χ1n) is 14.0. The van der Waals surface area contributed by atoms with Crippen LogP contribution in [0.5, 0.6) is 5.75 Å². The maximum Gasteiger partial charge on any atom is 0.243 e. The minimum atomic E-state index is -3.71. The second-order valence-electron chi connectivity index (χ2n) is 11.4. The minimum absolute atomic E-state index is 0.00542. The summed E-state index contributed by atoms with van der Waals surface area (Å²) in [5.41, 5.74) is 1.16. The average Bonchev–Trinajstić information content (AvgIpc) is 2.93. The zero-order valence-electron chi connectivity index (χ0n) is 25.4. The summed E-state index contributed by atoms with van der Waals surface area (Å²) in [5, 5.41) is 4.00. The smallest absolute Gasteiger partial charge is 0.243 e. The van der Waals surface area contributed by atoms with Crippen LogP contribution in [0.15, 0.2) is 66.7 Å². The van der Waals surface area contributed by atoms with E-state index in [4.69, 9.17) is 39.5 Å². The van der Waals surface area contributed by atoms with Crippen LogP contribution in [0.2, 0.25) is 15.1 Å². The van der Waals surface area contributed by atoms with E-state index in [1.54, 1.807) is 30.3 Å². The van der Waals surface area contributed by atoms with Crippen LogP contribution in [0.25, 0.3) is 0 Å². The lowest BCUT2D eigenvalue weighted by molar-refractivity contribution is -0.142. The van der Waals surface area contributed by atoms with Crippen molar-refractivity contribution >= 4 is 62.3 Å². The average molecular weight is 683 g/mol. The molecule has 0 fully saturated rings. The molecule has 0 aromatic heterocycles. The quantitative estimate of drug-likeness (QED) is 0.215. The zero-order valence-corrected chi connectivity index (χ0v) is 28.5. The zero-order chi connectivity index (χ0) is 32.7. The first-order chi connectivity index (χ1) is 20.6. The Kier molecular flexibility index (Phi) is 12.4. The summed E-state index contributed by atoms with van der Waals surface area (Å²) < 4.78 is 31.8. The van der Waals surface area contributed by atoms with Gasteiger partial charge >= 0.3 is 0 Å². The Morgan fingerprint density at radius 3 is 2.11 bits per heavy atom. The number of nitrogens with zero attached hydrogens (tertiary/aromatic N) is 2. The number of amides is 2. The van der Waals surface area contributed by atoms with Gasteiger partial charge in [0.1, 0.15) is 11.8 Å². The molecule has 0 aliphatic carbocycles. The molecular weight excluding hydrogens is 645 g/mol. The molecule has 0 saturated heterocycles. The fourth-order valence-electron chi connectivity index (χ4n) is 4.67. The highest BCUT2D eigenvalue weighted by atomic mass is 35.5. The standard InChI is InChI=1S/C32H38Cl3N3O5S/c1-32(2,3)36-31(40)28(19-22-11-7-6-8-12-22)37(21-24-25(33)13-9-14-26(24)34)30(39)15-10-18-38(44(5,41)42)23-16-17-29(43-4)27(35)20-23/h6-9,11-14,16-17,20,28H,10,15,18-19,21H2,1-5H3,(H,36,40). The van der Waals surface area contributed by atoms with Gasteiger partial charge in [-0.2, -0.15) is 0 Å². The largest absolute Gasteiger partial charge is 0.495 e. The van der Waals surface area contributed by atoms with Crippen LogP contribution in [-0.2, 0) is 32.6 Å². The molecule has 8 nitrogen and oxygen atoms in total. The van der Waals surface area contributed by atoms with Crippen molar-refractivity contribution in [2.45, 2.75) is 58.2 Å². The van der Waals surface area contributed by atoms with Gasteiger partial charge < -0.3 is 15.0 Å². The number of anilines is 1. The Labute approximate surface area is 275 Å². The molecule has 0 aliphatic rings. The number of rotatable bonds is 13. The third kappa shape index (κ3) is 10.0. The summed E-state index contributed by atoms with van der Waals surface area (Å²) in [6, 6.07) is 18.2. The molecule has 0 aliphatic heterocycles. The maximum atomic E-state index is 14.0. The van der Waals surface area contributed by atoms with Crippen molar-refractivity contribution < 1.29 is 22.7 Å². The number of halogens is 3. The summed E-state index contributed by atoms with van der Waals surface area (Å²) in [7, 11) is -2.25. The monoisotopic (exact) mass is 681 g/mol. The topological polar surface area (TPSA) is 96.0 Å². The summed E-state index contributed by atoms with van der Waals surface area (Å²) in [6.45, 7) is 5.59. The highest BCUT2D eigenvalue weighted by molar-refractivity contribution is 7.92. The second-order valence-corrected chi connectivity index (χ2v) is 14.6. The third-order valence-electron chi connectivity index (χ3n) is 6.73. The predicted molar refractivity (Wildman–Crippen MR) is 178 cm³/mol. The van der Waals surface area contributed by atoms with E-state index >= 15 is 0 Å². The predicted octanol–water partition coefficient (Wildman–Crippen LogP) is 6.76. The third-order valence-corrected chi connectivity index (χ3v) is 8.93. The van der Waals surface area contributed by atoms with Crippen molar-refractivity contribution in [1.29, 1.82) is 0 Å². The molecule has 0 heterocycles. The normalized spacial score (nSPS) is 12.4. The molecule has 1 atom stereocenters. The molecule has 0 bridgehead atoms. The van der Waals surface area contributed by atoms with Gasteiger partial charge in [0.2, 0.25) is 21.8 Å². The molecule has 0 saturated carbocycles. The number of hydrogen-bond acceptors (Lipinski definition) is 5. The number of carbonyl (C=O) groups excluding carboxylic acids is 2. The molecule has 12 heteroatoms. The van der Waals surface area contributed by atoms with Gasteiger partial charge in [0, 0.05) is 47.1 Å². The summed E-state index contributed by atoms with van der Waals surface area (Å²) in [4.78, 5) is 29.3. The molecule has 238 valence electrons. The minimum Gasteiger partial charge on any atom is -0.495 e. The van der Waals surface area contributed by atoms with E-state index in [2.05, 4.69) is 5.32 Å². The molecule has 2 amide bonds. The Hall–Kier alpha value is -2.98. The summed E-state index contributed by atoms with van der Waals surface area (Å²) in [5.74, 6) is -0.276. The lowest BCUT2D eigenvalue weighted by Gasteiger charge is -2.34. The van der Waals surface area contributed by atoms with Gasteiger partial charge in [-0.15, -0.1) is 0 Å². The van der Waals surface area contributed by atoms with Crippen LogP contribution >= 0.6 is 34.8 Å². The number of methoxy groups -OCH3 is 1. The molecule has 3 aromatic carbocycles. The van der Waals surface area contributed by atoms with Crippen molar-refractivity contribution in [2.24, 2.45) is 0 Å². The van der Waals surface area contributed by atoms with E-state index in [0.29, 0.717) is 27.0 Å². The molecule has 44 heavy (non-hydrogen) atoms. The first kappa shape index (κ1) is 35.5. The molecular formula is C32H38Cl3N3O5S. The van der Waals surface area contributed by atoms with Crippen LogP contribution in [-0.4, -0.2) is 56.6 Å². The number of nitrogens with one attached hydrogen (secondary N) is 1. The maximum absolute atomic E-state index is 14.0. The number of benzene rings is 3. The van der Waals surface area contributed by atoms with Crippen molar-refractivity contribution in [3.05, 3.63) is 92.9 Å². The van der Waals surface area contributed by atoms with E-state index in [1.807, 2.05) is 51.1 Å². The number of sulfonamides is 1. The van der Waals surface area contributed by atoms with E-state index in [0.717, 1.165) is 11.8 Å². The first-order valence-corrected chi connectivity index (χ1v) is 17.0. The Morgan fingerprint density at radius 2 is 1.57 bits per heavy atom. The molecule has 1 unspecified atom stereocenters. The fourth-order valence-corrected chi connectivity index (χ4v) is 6.40.